The first-order valence-electron chi connectivity index (χ1n) is 7.23. The summed E-state index contributed by atoms with van der Waals surface area (Å²) in [6.07, 6.45) is 3.95. The number of benzene rings is 1. The predicted octanol–water partition coefficient (Wildman–Crippen LogP) is 1.98. The van der Waals surface area contributed by atoms with E-state index in [9.17, 15) is 4.79 Å². The van der Waals surface area contributed by atoms with Crippen LogP contribution < -0.4 is 16.2 Å². The molecule has 2 heterocycles. The second-order valence-corrected chi connectivity index (χ2v) is 4.96. The first-order chi connectivity index (χ1) is 12.1. The molecule has 0 spiro atoms. The van der Waals surface area contributed by atoms with Gasteiger partial charge in [0, 0.05) is 29.7 Å². The summed E-state index contributed by atoms with van der Waals surface area (Å²) in [4.78, 5) is 22.8. The normalized spacial score (nSPS) is 9.76. The molecule has 7 heteroatoms. The van der Waals surface area contributed by atoms with Crippen LogP contribution in [0.15, 0.2) is 55.0 Å². The Kier molecular flexibility index (Phi) is 4.53. The highest BCUT2D eigenvalue weighted by Crippen LogP contribution is 2.20. The highest BCUT2D eigenvalue weighted by Gasteiger charge is 2.02. The Morgan fingerprint density at radius 3 is 2.12 bits per heavy atom. The van der Waals surface area contributed by atoms with Crippen LogP contribution in [-0.2, 0) is 0 Å². The van der Waals surface area contributed by atoms with E-state index in [-0.39, 0.29) is 5.95 Å². The number of ether oxygens (including phenoxy) is 1. The highest BCUT2D eigenvalue weighted by molar-refractivity contribution is 5.69. The molecule has 1 aromatic carbocycles. The van der Waals surface area contributed by atoms with Crippen molar-refractivity contribution in [1.29, 1.82) is 0 Å². The number of carbonyl (C=O) groups is 1. The van der Waals surface area contributed by atoms with E-state index in [1.54, 1.807) is 42.9 Å². The van der Waals surface area contributed by atoms with Crippen LogP contribution in [0.1, 0.15) is 11.1 Å². The summed E-state index contributed by atoms with van der Waals surface area (Å²) in [5.74, 6) is 6.52. The van der Waals surface area contributed by atoms with E-state index in [0.29, 0.717) is 11.3 Å². The molecule has 0 aliphatic rings. The molecule has 0 saturated heterocycles. The van der Waals surface area contributed by atoms with Gasteiger partial charge in [0.25, 0.3) is 0 Å². The van der Waals surface area contributed by atoms with Crippen LogP contribution in [0, 0.1) is 11.8 Å². The summed E-state index contributed by atoms with van der Waals surface area (Å²) < 4.78 is 4.79. The molecule has 0 aliphatic heterocycles. The van der Waals surface area contributed by atoms with Crippen LogP contribution in [0.4, 0.5) is 10.7 Å². The van der Waals surface area contributed by atoms with Gasteiger partial charge < -0.3 is 16.2 Å². The monoisotopic (exact) mass is 331 g/mol. The molecule has 25 heavy (non-hydrogen) atoms. The number of hydrogen-bond donors (Lipinski definition) is 2. The number of nitrogen functional groups attached to an aromatic ring is 1. The summed E-state index contributed by atoms with van der Waals surface area (Å²) in [5.41, 5.74) is 13.5. The summed E-state index contributed by atoms with van der Waals surface area (Å²) in [6, 6.07) is 10.6. The molecular formula is C18H13N5O2. The number of primary amides is 1. The third kappa shape index (κ3) is 4.30. The van der Waals surface area contributed by atoms with Gasteiger partial charge in [0.2, 0.25) is 5.95 Å². The third-order valence-electron chi connectivity index (χ3n) is 3.15. The van der Waals surface area contributed by atoms with Crippen LogP contribution in [-0.4, -0.2) is 21.0 Å². The summed E-state index contributed by atoms with van der Waals surface area (Å²) in [7, 11) is 0. The van der Waals surface area contributed by atoms with Crippen LogP contribution in [0.5, 0.6) is 5.75 Å². The molecule has 0 atom stereocenters. The number of carbonyl (C=O) groups excluding carboxylic acids is 1. The molecular weight excluding hydrogens is 318 g/mol. The number of anilines is 1. The van der Waals surface area contributed by atoms with Gasteiger partial charge in [-0.05, 0) is 36.4 Å². The molecule has 0 fully saturated rings. The summed E-state index contributed by atoms with van der Waals surface area (Å²) in [6.45, 7) is 0. The molecule has 0 saturated carbocycles. The summed E-state index contributed by atoms with van der Waals surface area (Å²) in [5, 5.41) is 0. The van der Waals surface area contributed by atoms with Crippen molar-refractivity contribution in [1.82, 2.24) is 15.0 Å². The maximum atomic E-state index is 10.7. The van der Waals surface area contributed by atoms with Gasteiger partial charge in [-0.2, -0.15) is 0 Å². The smallest absolute Gasteiger partial charge is 0.409 e. The lowest BCUT2D eigenvalue weighted by Crippen LogP contribution is -2.16. The Labute approximate surface area is 143 Å². The molecule has 122 valence electrons. The van der Waals surface area contributed by atoms with Crippen molar-refractivity contribution in [2.24, 2.45) is 5.73 Å². The van der Waals surface area contributed by atoms with E-state index in [0.717, 1.165) is 16.8 Å². The molecule has 0 unspecified atom stereocenters. The average molecular weight is 331 g/mol. The molecule has 2 aromatic heterocycles. The largest absolute Gasteiger partial charge is 0.411 e. The predicted molar refractivity (Wildman–Crippen MR) is 92.3 cm³/mol. The van der Waals surface area contributed by atoms with E-state index in [1.807, 2.05) is 12.1 Å². The fourth-order valence-electron chi connectivity index (χ4n) is 2.00. The minimum absolute atomic E-state index is 0.212. The van der Waals surface area contributed by atoms with E-state index in [1.165, 1.54) is 0 Å². The number of pyridine rings is 1. The molecule has 3 aromatic rings. The lowest BCUT2D eigenvalue weighted by atomic mass is 10.1. The van der Waals surface area contributed by atoms with Crippen LogP contribution in [0.2, 0.25) is 0 Å². The van der Waals surface area contributed by atoms with E-state index in [2.05, 4.69) is 26.8 Å². The Morgan fingerprint density at radius 1 is 0.880 bits per heavy atom. The first kappa shape index (κ1) is 16.0. The molecule has 1 amide bonds. The first-order valence-corrected chi connectivity index (χ1v) is 7.23. The van der Waals surface area contributed by atoms with Gasteiger partial charge in [0.15, 0.2) is 0 Å². The number of amides is 1. The van der Waals surface area contributed by atoms with Crippen molar-refractivity contribution in [3.63, 3.8) is 0 Å². The fourth-order valence-corrected chi connectivity index (χ4v) is 2.00. The Morgan fingerprint density at radius 2 is 1.52 bits per heavy atom. The third-order valence-corrected chi connectivity index (χ3v) is 3.15. The number of aromatic nitrogens is 3. The minimum Gasteiger partial charge on any atom is -0.411 e. The molecule has 4 N–H and O–H groups in total. The minimum atomic E-state index is -0.847. The fraction of sp³-hybridized carbons (Fsp3) is 0. The van der Waals surface area contributed by atoms with Crippen LogP contribution >= 0.6 is 0 Å². The topological polar surface area (TPSA) is 117 Å². The van der Waals surface area contributed by atoms with Crippen molar-refractivity contribution < 1.29 is 9.53 Å². The molecule has 0 radical (unpaired) electrons. The number of nitrogens with two attached hydrogens (primary N) is 2. The van der Waals surface area contributed by atoms with Crippen molar-refractivity contribution in [3.8, 4) is 28.8 Å². The van der Waals surface area contributed by atoms with Gasteiger partial charge in [-0.3, -0.25) is 4.98 Å². The molecule has 3 rings (SSSR count). The average Bonchev–Trinajstić information content (AvgIpc) is 2.62. The second kappa shape index (κ2) is 7.10. The van der Waals surface area contributed by atoms with Crippen molar-refractivity contribution >= 4 is 12.0 Å². The lowest BCUT2D eigenvalue weighted by molar-refractivity contribution is 0.211. The van der Waals surface area contributed by atoms with Gasteiger partial charge in [-0.1, -0.05) is 11.8 Å². The summed E-state index contributed by atoms with van der Waals surface area (Å²) >= 11 is 0. The van der Waals surface area contributed by atoms with Crippen LogP contribution in [0.25, 0.3) is 11.3 Å². The standard InChI is InChI=1S/C18H13N5O2/c19-17-22-10-13(11-23-17)2-1-12-3-8-16(21-9-12)14-4-6-15(7-5-14)25-18(20)24/h3-11H,(H2,20,24)(H2,19,22,23). The second-order valence-electron chi connectivity index (χ2n) is 4.96. The zero-order valence-corrected chi connectivity index (χ0v) is 13.0. The Bertz CT molecular complexity index is 940. The quantitative estimate of drug-likeness (QED) is 0.693. The van der Waals surface area contributed by atoms with Crippen molar-refractivity contribution in [3.05, 3.63) is 66.1 Å². The van der Waals surface area contributed by atoms with E-state index >= 15 is 0 Å². The van der Waals surface area contributed by atoms with Gasteiger partial charge in [-0.25, -0.2) is 14.8 Å². The van der Waals surface area contributed by atoms with Gasteiger partial charge in [0.05, 0.1) is 11.3 Å². The number of nitrogens with zero attached hydrogens (tertiary/aromatic N) is 3. The van der Waals surface area contributed by atoms with E-state index < -0.39 is 6.09 Å². The zero-order chi connectivity index (χ0) is 17.6. The lowest BCUT2D eigenvalue weighted by Gasteiger charge is -2.03. The number of hydrogen-bond acceptors (Lipinski definition) is 6. The maximum Gasteiger partial charge on any atom is 0.409 e. The van der Waals surface area contributed by atoms with Gasteiger partial charge in [0.1, 0.15) is 5.75 Å². The SMILES string of the molecule is NC(=O)Oc1ccc(-c2ccc(C#Cc3cnc(N)nc3)cn2)cc1. The molecule has 7 nitrogen and oxygen atoms in total. The van der Waals surface area contributed by atoms with Crippen molar-refractivity contribution in [2.75, 3.05) is 5.73 Å². The van der Waals surface area contributed by atoms with E-state index in [4.69, 9.17) is 16.2 Å². The van der Waals surface area contributed by atoms with Crippen LogP contribution in [0.3, 0.4) is 0 Å². The van der Waals surface area contributed by atoms with Crippen molar-refractivity contribution in [2.45, 2.75) is 0 Å². The Balaban J connectivity index is 1.74. The highest BCUT2D eigenvalue weighted by atomic mass is 16.5. The molecule has 0 aliphatic carbocycles. The Hall–Kier alpha value is -3.92. The van der Waals surface area contributed by atoms with Gasteiger partial charge >= 0.3 is 6.09 Å². The zero-order valence-electron chi connectivity index (χ0n) is 13.0. The van der Waals surface area contributed by atoms with Gasteiger partial charge in [-0.15, -0.1) is 0 Å². The number of rotatable bonds is 2. The maximum absolute atomic E-state index is 10.7. The molecule has 0 bridgehead atoms.